The number of fused-ring (bicyclic) bond motifs is 1. The van der Waals surface area contributed by atoms with Crippen LogP contribution in [0, 0.1) is 0 Å². The highest BCUT2D eigenvalue weighted by Gasteiger charge is 2.29. The molecule has 3 rings (SSSR count). The zero-order chi connectivity index (χ0) is 13.3. The third-order valence-corrected chi connectivity index (χ3v) is 4.19. The van der Waals surface area contributed by atoms with Crippen molar-refractivity contribution in [2.75, 3.05) is 0 Å². The molecule has 0 bridgehead atoms. The van der Waals surface area contributed by atoms with E-state index in [4.69, 9.17) is 0 Å². The maximum Gasteiger partial charge on any atom is 0.263 e. The molecule has 5 nitrogen and oxygen atoms in total. The summed E-state index contributed by atoms with van der Waals surface area (Å²) in [5.74, 6) is 0.376. The number of hydrogen-bond donors (Lipinski definition) is 1. The van der Waals surface area contributed by atoms with Crippen molar-refractivity contribution in [3.05, 3.63) is 59.9 Å². The Morgan fingerprint density at radius 3 is 2.68 bits per heavy atom. The number of hydrogen-bond acceptors (Lipinski definition) is 4. The molecule has 2 aromatic rings. The lowest BCUT2D eigenvalue weighted by Crippen LogP contribution is -2.22. The van der Waals surface area contributed by atoms with Gasteiger partial charge in [-0.2, -0.15) is 0 Å². The van der Waals surface area contributed by atoms with Gasteiger partial charge < -0.3 is 0 Å². The minimum absolute atomic E-state index is 0.273. The first-order valence-corrected chi connectivity index (χ1v) is 7.22. The first-order chi connectivity index (χ1) is 9.17. The molecule has 0 unspecified atom stereocenters. The molecule has 0 fully saturated rings. The molecule has 0 spiro atoms. The maximum atomic E-state index is 11.9. The first kappa shape index (κ1) is 11.9. The number of nitrogens with one attached hydrogen (secondary N) is 1. The Morgan fingerprint density at radius 1 is 1.11 bits per heavy atom. The van der Waals surface area contributed by atoms with Crippen molar-refractivity contribution in [1.29, 1.82) is 0 Å². The van der Waals surface area contributed by atoms with Crippen LogP contribution in [0.3, 0.4) is 0 Å². The zero-order valence-corrected chi connectivity index (χ0v) is 10.8. The number of benzene rings is 1. The molecule has 2 heterocycles. The molecule has 0 saturated carbocycles. The van der Waals surface area contributed by atoms with Crippen molar-refractivity contribution in [3.8, 4) is 0 Å². The summed E-state index contributed by atoms with van der Waals surface area (Å²) in [7, 11) is -3.46. The van der Waals surface area contributed by atoms with E-state index in [0.29, 0.717) is 17.9 Å². The standard InChI is InChI=1S/C13H11N3O2S/c17-19(18)12-7-2-1-6-11(12)13(16-19)15-9-10-5-3-4-8-14-10/h1-8H,9H2,(H,15,16). The van der Waals surface area contributed by atoms with Crippen LogP contribution < -0.4 is 4.72 Å². The van der Waals surface area contributed by atoms with Gasteiger partial charge in [0.1, 0.15) is 5.84 Å². The zero-order valence-electron chi connectivity index (χ0n) is 9.95. The molecule has 1 aliphatic heterocycles. The van der Waals surface area contributed by atoms with Gasteiger partial charge in [-0.05, 0) is 24.3 Å². The highest BCUT2D eigenvalue weighted by atomic mass is 32.2. The Morgan fingerprint density at radius 2 is 1.89 bits per heavy atom. The molecule has 0 radical (unpaired) electrons. The van der Waals surface area contributed by atoms with Crippen LogP contribution in [-0.4, -0.2) is 19.2 Å². The Balaban J connectivity index is 1.96. The minimum Gasteiger partial charge on any atom is -0.263 e. The van der Waals surface area contributed by atoms with Gasteiger partial charge >= 0.3 is 0 Å². The van der Waals surface area contributed by atoms with Gasteiger partial charge in [-0.1, -0.05) is 18.2 Å². The smallest absolute Gasteiger partial charge is 0.263 e. The summed E-state index contributed by atoms with van der Waals surface area (Å²) in [4.78, 5) is 8.71. The van der Waals surface area contributed by atoms with Crippen molar-refractivity contribution in [2.45, 2.75) is 11.4 Å². The predicted molar refractivity (Wildman–Crippen MR) is 71.2 cm³/mol. The van der Waals surface area contributed by atoms with Crippen LogP contribution in [-0.2, 0) is 16.6 Å². The second-order valence-electron chi connectivity index (χ2n) is 4.09. The van der Waals surface area contributed by atoms with Gasteiger partial charge in [0, 0.05) is 11.8 Å². The van der Waals surface area contributed by atoms with Gasteiger partial charge in [0.25, 0.3) is 10.0 Å². The minimum atomic E-state index is -3.46. The summed E-state index contributed by atoms with van der Waals surface area (Å²) in [6.45, 7) is 0.340. The molecule has 96 valence electrons. The fourth-order valence-corrected chi connectivity index (χ4v) is 3.15. The average molecular weight is 273 g/mol. The summed E-state index contributed by atoms with van der Waals surface area (Å²) in [6.07, 6.45) is 1.68. The van der Waals surface area contributed by atoms with E-state index in [1.165, 1.54) is 0 Å². The second kappa shape index (κ2) is 4.47. The number of nitrogens with zero attached hydrogens (tertiary/aromatic N) is 2. The molecule has 0 aliphatic carbocycles. The normalized spacial score (nSPS) is 18.0. The van der Waals surface area contributed by atoms with Crippen LogP contribution >= 0.6 is 0 Å². The fourth-order valence-electron chi connectivity index (χ4n) is 1.90. The fraction of sp³-hybridized carbons (Fsp3) is 0.0769. The highest BCUT2D eigenvalue weighted by molar-refractivity contribution is 7.90. The monoisotopic (exact) mass is 273 g/mol. The second-order valence-corrected chi connectivity index (χ2v) is 5.74. The quantitative estimate of drug-likeness (QED) is 0.897. The molecule has 1 aromatic carbocycles. The largest absolute Gasteiger partial charge is 0.263 e. The first-order valence-electron chi connectivity index (χ1n) is 5.73. The number of aliphatic imine (C=N–C) groups is 1. The third-order valence-electron chi connectivity index (χ3n) is 2.79. The van der Waals surface area contributed by atoms with E-state index in [2.05, 4.69) is 14.7 Å². The van der Waals surface area contributed by atoms with Crippen molar-refractivity contribution in [2.24, 2.45) is 4.99 Å². The van der Waals surface area contributed by atoms with Gasteiger partial charge in [0.15, 0.2) is 0 Å². The van der Waals surface area contributed by atoms with Crippen LogP contribution in [0.1, 0.15) is 11.3 Å². The van der Waals surface area contributed by atoms with Crippen molar-refractivity contribution < 1.29 is 8.42 Å². The predicted octanol–water partition coefficient (Wildman–Crippen LogP) is 1.32. The summed E-state index contributed by atoms with van der Waals surface area (Å²) < 4.78 is 26.2. The molecule has 1 aromatic heterocycles. The van der Waals surface area contributed by atoms with E-state index in [9.17, 15) is 8.42 Å². The van der Waals surface area contributed by atoms with Gasteiger partial charge in [-0.3, -0.25) is 14.7 Å². The van der Waals surface area contributed by atoms with Crippen molar-refractivity contribution >= 4 is 15.9 Å². The molecule has 6 heteroatoms. The van der Waals surface area contributed by atoms with Crippen LogP contribution in [0.25, 0.3) is 0 Å². The van der Waals surface area contributed by atoms with E-state index in [-0.39, 0.29) is 4.90 Å². The van der Waals surface area contributed by atoms with Crippen LogP contribution in [0.4, 0.5) is 0 Å². The summed E-state index contributed by atoms with van der Waals surface area (Å²) in [5.41, 5.74) is 1.40. The molecule has 19 heavy (non-hydrogen) atoms. The molecular formula is C13H11N3O2S. The summed E-state index contributed by atoms with van der Waals surface area (Å²) in [5, 5.41) is 0. The average Bonchev–Trinajstić information content (AvgIpc) is 2.70. The summed E-state index contributed by atoms with van der Waals surface area (Å²) >= 11 is 0. The Kier molecular flexibility index (Phi) is 2.79. The van der Waals surface area contributed by atoms with E-state index in [0.717, 1.165) is 5.69 Å². The van der Waals surface area contributed by atoms with Gasteiger partial charge in [0.2, 0.25) is 0 Å². The van der Waals surface area contributed by atoms with E-state index < -0.39 is 10.0 Å². The Hall–Kier alpha value is -2.21. The van der Waals surface area contributed by atoms with Crippen LogP contribution in [0.2, 0.25) is 0 Å². The van der Waals surface area contributed by atoms with Crippen molar-refractivity contribution in [3.63, 3.8) is 0 Å². The maximum absolute atomic E-state index is 11.9. The third kappa shape index (κ3) is 2.22. The Labute approximate surface area is 111 Å². The van der Waals surface area contributed by atoms with E-state index in [1.807, 2.05) is 18.2 Å². The molecule has 1 N–H and O–H groups in total. The lowest BCUT2D eigenvalue weighted by atomic mass is 10.2. The number of amidine groups is 1. The number of aromatic nitrogens is 1. The molecular weight excluding hydrogens is 262 g/mol. The molecule has 0 amide bonds. The molecule has 0 saturated heterocycles. The van der Waals surface area contributed by atoms with Gasteiger partial charge in [-0.15, -0.1) is 0 Å². The van der Waals surface area contributed by atoms with E-state index >= 15 is 0 Å². The number of rotatable bonds is 2. The highest BCUT2D eigenvalue weighted by Crippen LogP contribution is 2.22. The summed E-state index contributed by atoms with van der Waals surface area (Å²) in [6, 6.07) is 12.3. The molecule has 0 atom stereocenters. The van der Waals surface area contributed by atoms with Crippen LogP contribution in [0.5, 0.6) is 0 Å². The van der Waals surface area contributed by atoms with Crippen LogP contribution in [0.15, 0.2) is 58.5 Å². The topological polar surface area (TPSA) is 71.4 Å². The SMILES string of the molecule is O=S1(=O)NC(=NCc2ccccn2)c2ccccc21. The van der Waals surface area contributed by atoms with Crippen molar-refractivity contribution in [1.82, 2.24) is 9.71 Å². The molecule has 1 aliphatic rings. The lowest BCUT2D eigenvalue weighted by molar-refractivity contribution is 0.595. The number of sulfonamides is 1. The lowest BCUT2D eigenvalue weighted by Gasteiger charge is -1.99. The van der Waals surface area contributed by atoms with Gasteiger partial charge in [0.05, 0.1) is 17.1 Å². The number of pyridine rings is 1. The Bertz CT molecular complexity index is 739. The van der Waals surface area contributed by atoms with E-state index in [1.54, 1.807) is 30.5 Å². The van der Waals surface area contributed by atoms with Gasteiger partial charge in [-0.25, -0.2) is 8.42 Å².